The molecule has 0 unspecified atom stereocenters. The molecule has 1 aromatic rings. The van der Waals surface area contributed by atoms with Crippen LogP contribution in [0.4, 0.5) is 5.69 Å². The van der Waals surface area contributed by atoms with Crippen LogP contribution in [0.3, 0.4) is 0 Å². The molecule has 21 heavy (non-hydrogen) atoms. The van der Waals surface area contributed by atoms with Crippen molar-refractivity contribution in [1.82, 2.24) is 4.31 Å². The first-order valence-electron chi connectivity index (χ1n) is 7.39. The fourth-order valence-corrected chi connectivity index (χ4v) is 5.20. The molecule has 0 radical (unpaired) electrons. The molecule has 0 heterocycles. The SMILES string of the molecule is CC(C)CN(C1CCCC1)S(=O)(=O)c1cc(N)ccc1Cl. The van der Waals surface area contributed by atoms with E-state index in [2.05, 4.69) is 0 Å². The van der Waals surface area contributed by atoms with E-state index >= 15 is 0 Å². The Morgan fingerprint density at radius 2 is 1.95 bits per heavy atom. The number of benzene rings is 1. The number of rotatable bonds is 5. The first-order chi connectivity index (χ1) is 9.82. The van der Waals surface area contributed by atoms with E-state index in [1.165, 1.54) is 6.07 Å². The molecule has 0 saturated heterocycles. The molecule has 0 bridgehead atoms. The second-order valence-electron chi connectivity index (χ2n) is 6.10. The molecule has 6 heteroatoms. The lowest BCUT2D eigenvalue weighted by atomic mass is 10.2. The van der Waals surface area contributed by atoms with Crippen LogP contribution in [0, 0.1) is 5.92 Å². The van der Waals surface area contributed by atoms with Crippen LogP contribution in [0.2, 0.25) is 5.02 Å². The van der Waals surface area contributed by atoms with Crippen LogP contribution in [0.15, 0.2) is 23.1 Å². The Morgan fingerprint density at radius 3 is 2.52 bits per heavy atom. The molecule has 0 amide bonds. The summed E-state index contributed by atoms with van der Waals surface area (Å²) in [5.41, 5.74) is 6.15. The van der Waals surface area contributed by atoms with E-state index in [1.807, 2.05) is 13.8 Å². The second kappa shape index (κ2) is 6.55. The summed E-state index contributed by atoms with van der Waals surface area (Å²) in [6.45, 7) is 4.56. The van der Waals surface area contributed by atoms with Crippen molar-refractivity contribution in [3.05, 3.63) is 23.2 Å². The standard InChI is InChI=1S/C15H23ClN2O2S/c1-11(2)10-18(13-5-3-4-6-13)21(19,20)15-9-12(17)7-8-14(15)16/h7-9,11,13H,3-6,10,17H2,1-2H3. The molecule has 1 fully saturated rings. The molecule has 0 atom stereocenters. The summed E-state index contributed by atoms with van der Waals surface area (Å²) >= 11 is 6.11. The van der Waals surface area contributed by atoms with Gasteiger partial charge in [-0.15, -0.1) is 0 Å². The number of hydrogen-bond acceptors (Lipinski definition) is 3. The third-order valence-electron chi connectivity index (χ3n) is 3.82. The van der Waals surface area contributed by atoms with Gasteiger partial charge in [0.05, 0.1) is 5.02 Å². The van der Waals surface area contributed by atoms with E-state index in [4.69, 9.17) is 17.3 Å². The zero-order valence-electron chi connectivity index (χ0n) is 12.5. The van der Waals surface area contributed by atoms with Crippen LogP contribution in [0.5, 0.6) is 0 Å². The zero-order chi connectivity index (χ0) is 15.6. The fourth-order valence-electron chi connectivity index (χ4n) is 2.84. The molecule has 1 aliphatic carbocycles. The summed E-state index contributed by atoms with van der Waals surface area (Å²) in [7, 11) is -3.61. The van der Waals surface area contributed by atoms with Crippen LogP contribution in [0.25, 0.3) is 0 Å². The summed E-state index contributed by atoms with van der Waals surface area (Å²) in [6.07, 6.45) is 4.01. The van der Waals surface area contributed by atoms with Crippen molar-refractivity contribution >= 4 is 27.3 Å². The topological polar surface area (TPSA) is 63.4 Å². The smallest absolute Gasteiger partial charge is 0.244 e. The number of nitrogens with two attached hydrogens (primary N) is 1. The van der Waals surface area contributed by atoms with Gasteiger partial charge < -0.3 is 5.73 Å². The van der Waals surface area contributed by atoms with Gasteiger partial charge in [0.15, 0.2) is 0 Å². The Morgan fingerprint density at radius 1 is 1.33 bits per heavy atom. The van der Waals surface area contributed by atoms with E-state index in [0.29, 0.717) is 12.2 Å². The van der Waals surface area contributed by atoms with Crippen molar-refractivity contribution in [1.29, 1.82) is 0 Å². The Bertz CT molecular complexity index is 596. The Labute approximate surface area is 132 Å². The molecule has 0 aliphatic heterocycles. The van der Waals surface area contributed by atoms with Crippen molar-refractivity contribution in [3.8, 4) is 0 Å². The highest BCUT2D eigenvalue weighted by Gasteiger charge is 2.34. The highest BCUT2D eigenvalue weighted by atomic mass is 35.5. The molecule has 1 saturated carbocycles. The van der Waals surface area contributed by atoms with Gasteiger partial charge in [-0.1, -0.05) is 38.3 Å². The van der Waals surface area contributed by atoms with Gasteiger partial charge in [0.1, 0.15) is 4.90 Å². The highest BCUT2D eigenvalue weighted by Crippen LogP contribution is 2.33. The molecule has 2 rings (SSSR count). The number of sulfonamides is 1. The first-order valence-corrected chi connectivity index (χ1v) is 9.21. The summed E-state index contributed by atoms with van der Waals surface area (Å²) in [5, 5.41) is 0.232. The number of nitrogens with zero attached hydrogens (tertiary/aromatic N) is 1. The van der Waals surface area contributed by atoms with Crippen molar-refractivity contribution in [2.45, 2.75) is 50.5 Å². The predicted octanol–water partition coefficient (Wildman–Crippen LogP) is 3.51. The largest absolute Gasteiger partial charge is 0.399 e. The monoisotopic (exact) mass is 330 g/mol. The third-order valence-corrected chi connectivity index (χ3v) is 6.22. The molecular formula is C15H23ClN2O2S. The Hall–Kier alpha value is -0.780. The third kappa shape index (κ3) is 3.71. The van der Waals surface area contributed by atoms with Crippen molar-refractivity contribution in [2.75, 3.05) is 12.3 Å². The van der Waals surface area contributed by atoms with Gasteiger partial charge in [0, 0.05) is 18.3 Å². The van der Waals surface area contributed by atoms with Crippen LogP contribution in [-0.4, -0.2) is 25.3 Å². The highest BCUT2D eigenvalue weighted by molar-refractivity contribution is 7.89. The maximum absolute atomic E-state index is 13.0. The molecule has 4 nitrogen and oxygen atoms in total. The van der Waals surface area contributed by atoms with Crippen molar-refractivity contribution in [2.24, 2.45) is 5.92 Å². The van der Waals surface area contributed by atoms with E-state index < -0.39 is 10.0 Å². The summed E-state index contributed by atoms with van der Waals surface area (Å²) in [4.78, 5) is 0.122. The van der Waals surface area contributed by atoms with Gasteiger partial charge in [0.2, 0.25) is 10.0 Å². The van der Waals surface area contributed by atoms with E-state index in [9.17, 15) is 8.42 Å². The zero-order valence-corrected chi connectivity index (χ0v) is 14.1. The fraction of sp³-hybridized carbons (Fsp3) is 0.600. The Balaban J connectivity index is 2.43. The van der Waals surface area contributed by atoms with Crippen LogP contribution in [-0.2, 0) is 10.0 Å². The molecule has 2 N–H and O–H groups in total. The number of nitrogen functional groups attached to an aromatic ring is 1. The normalized spacial score (nSPS) is 17.0. The van der Waals surface area contributed by atoms with Crippen LogP contribution >= 0.6 is 11.6 Å². The summed E-state index contributed by atoms with van der Waals surface area (Å²) in [5.74, 6) is 0.264. The molecule has 118 valence electrons. The van der Waals surface area contributed by atoms with Gasteiger partial charge in [-0.25, -0.2) is 8.42 Å². The minimum Gasteiger partial charge on any atom is -0.399 e. The van der Waals surface area contributed by atoms with Gasteiger partial charge >= 0.3 is 0 Å². The van der Waals surface area contributed by atoms with Gasteiger partial charge in [-0.2, -0.15) is 4.31 Å². The van der Waals surface area contributed by atoms with E-state index in [1.54, 1.807) is 16.4 Å². The maximum Gasteiger partial charge on any atom is 0.244 e. The predicted molar refractivity (Wildman–Crippen MR) is 86.9 cm³/mol. The van der Waals surface area contributed by atoms with Crippen LogP contribution < -0.4 is 5.73 Å². The summed E-state index contributed by atoms with van der Waals surface area (Å²) in [6, 6.07) is 4.70. The van der Waals surface area contributed by atoms with E-state index in [-0.39, 0.29) is 21.9 Å². The minimum absolute atomic E-state index is 0.0786. The lowest BCUT2D eigenvalue weighted by Crippen LogP contribution is -2.41. The van der Waals surface area contributed by atoms with E-state index in [0.717, 1.165) is 25.7 Å². The van der Waals surface area contributed by atoms with Crippen molar-refractivity contribution < 1.29 is 8.42 Å². The average Bonchev–Trinajstić information content (AvgIpc) is 2.92. The first kappa shape index (κ1) is 16.6. The molecule has 0 aromatic heterocycles. The lowest BCUT2D eigenvalue weighted by Gasteiger charge is -2.30. The second-order valence-corrected chi connectivity index (χ2v) is 8.36. The minimum atomic E-state index is -3.61. The Kier molecular flexibility index (Phi) is 5.17. The number of halogens is 1. The number of anilines is 1. The molecule has 1 aromatic carbocycles. The van der Waals surface area contributed by atoms with Gasteiger partial charge in [0.25, 0.3) is 0 Å². The molecular weight excluding hydrogens is 308 g/mol. The van der Waals surface area contributed by atoms with Crippen molar-refractivity contribution in [3.63, 3.8) is 0 Å². The van der Waals surface area contributed by atoms with Crippen LogP contribution in [0.1, 0.15) is 39.5 Å². The van der Waals surface area contributed by atoms with Gasteiger partial charge in [-0.05, 0) is 37.0 Å². The molecule has 0 spiro atoms. The quantitative estimate of drug-likeness (QED) is 0.840. The average molecular weight is 331 g/mol. The maximum atomic E-state index is 13.0. The summed E-state index contributed by atoms with van der Waals surface area (Å²) < 4.78 is 27.7. The number of hydrogen-bond donors (Lipinski definition) is 1. The molecule has 1 aliphatic rings. The van der Waals surface area contributed by atoms with Gasteiger partial charge in [-0.3, -0.25) is 0 Å². The lowest BCUT2D eigenvalue weighted by molar-refractivity contribution is 0.292.